The molecule has 0 bridgehead atoms. The molecular formula is C25H28F3N7O. The zero-order valence-electron chi connectivity index (χ0n) is 19.9. The highest BCUT2D eigenvalue weighted by Crippen LogP contribution is 2.33. The van der Waals surface area contributed by atoms with E-state index in [2.05, 4.69) is 31.0 Å². The number of nitrogens with zero attached hydrogens (tertiary/aromatic N) is 4. The number of pyridine rings is 1. The molecule has 0 saturated carbocycles. The molecule has 36 heavy (non-hydrogen) atoms. The molecule has 0 aliphatic carbocycles. The molecule has 2 atom stereocenters. The number of halogens is 3. The molecule has 3 N–H and O–H groups in total. The summed E-state index contributed by atoms with van der Waals surface area (Å²) >= 11 is 0. The molecule has 0 unspecified atom stereocenters. The van der Waals surface area contributed by atoms with Crippen molar-refractivity contribution in [3.8, 4) is 0 Å². The van der Waals surface area contributed by atoms with Gasteiger partial charge < -0.3 is 16.0 Å². The molecule has 1 fully saturated rings. The number of Topliss-reactive ketones (excluding diaryl/α,β-unsaturated/α-hetero) is 1. The van der Waals surface area contributed by atoms with Gasteiger partial charge in [-0.2, -0.15) is 23.3 Å². The van der Waals surface area contributed by atoms with E-state index in [0.717, 1.165) is 43.9 Å². The summed E-state index contributed by atoms with van der Waals surface area (Å²) in [5, 5.41) is 13.2. The van der Waals surface area contributed by atoms with E-state index < -0.39 is 12.2 Å². The number of nitrogens with one attached hydrogen (secondary N) is 3. The van der Waals surface area contributed by atoms with Crippen LogP contribution >= 0.6 is 0 Å². The van der Waals surface area contributed by atoms with Crippen LogP contribution < -0.4 is 16.0 Å². The van der Waals surface area contributed by atoms with Crippen LogP contribution in [-0.2, 0) is 0 Å². The molecule has 0 radical (unpaired) electrons. The third-order valence-corrected chi connectivity index (χ3v) is 6.72. The van der Waals surface area contributed by atoms with Gasteiger partial charge in [-0.25, -0.2) is 9.50 Å². The van der Waals surface area contributed by atoms with Crippen molar-refractivity contribution in [1.29, 1.82) is 0 Å². The standard InChI is InChI=1S/C25H28F3N7O/c1-15(25(26,27)28)33-24-31-13-19-18(6-9-30-23(19)34-24)16-7-10-35-21(11-16)20(14-32-35)22(36)12-17-5-3-2-4-8-29-17/h6-7,10-11,13-15,17,29H,2-5,8-9,12H2,1H3,(H2,30,31,33,34)/t15-,17+/m0/s1. The van der Waals surface area contributed by atoms with E-state index in [0.29, 0.717) is 35.4 Å². The van der Waals surface area contributed by atoms with E-state index >= 15 is 0 Å². The molecule has 190 valence electrons. The predicted octanol–water partition coefficient (Wildman–Crippen LogP) is 4.45. The van der Waals surface area contributed by atoms with Gasteiger partial charge in [0.05, 0.1) is 17.3 Å². The lowest BCUT2D eigenvalue weighted by molar-refractivity contribution is -0.138. The lowest BCUT2D eigenvalue weighted by Gasteiger charge is -2.21. The summed E-state index contributed by atoms with van der Waals surface area (Å²) in [5.74, 6) is 0.404. The molecule has 0 aromatic carbocycles. The molecular weight excluding hydrogens is 471 g/mol. The maximum Gasteiger partial charge on any atom is 0.408 e. The zero-order chi connectivity index (χ0) is 25.3. The first-order chi connectivity index (χ1) is 17.3. The highest BCUT2D eigenvalue weighted by atomic mass is 19.4. The molecule has 0 amide bonds. The van der Waals surface area contributed by atoms with Crippen molar-refractivity contribution < 1.29 is 18.0 Å². The fraction of sp³-hybridized carbons (Fsp3) is 0.440. The summed E-state index contributed by atoms with van der Waals surface area (Å²) in [6, 6.07) is 2.21. The normalized spacial score (nSPS) is 19.1. The summed E-state index contributed by atoms with van der Waals surface area (Å²) in [4.78, 5) is 21.5. The monoisotopic (exact) mass is 499 g/mol. The summed E-state index contributed by atoms with van der Waals surface area (Å²) < 4.78 is 40.4. The number of carbonyl (C=O) groups is 1. The second-order valence-corrected chi connectivity index (χ2v) is 9.29. The van der Waals surface area contributed by atoms with Crippen LogP contribution in [0.1, 0.15) is 60.5 Å². The van der Waals surface area contributed by atoms with Crippen LogP contribution in [-0.4, -0.2) is 56.7 Å². The summed E-state index contributed by atoms with van der Waals surface area (Å²) in [6.45, 7) is 2.41. The van der Waals surface area contributed by atoms with Crippen LogP contribution in [0.5, 0.6) is 0 Å². The summed E-state index contributed by atoms with van der Waals surface area (Å²) in [5.41, 5.74) is 3.65. The van der Waals surface area contributed by atoms with Gasteiger partial charge in [0.2, 0.25) is 5.95 Å². The lowest BCUT2D eigenvalue weighted by Crippen LogP contribution is -2.33. The van der Waals surface area contributed by atoms with Crippen molar-refractivity contribution in [2.75, 3.05) is 23.7 Å². The molecule has 5 rings (SSSR count). The van der Waals surface area contributed by atoms with Crippen LogP contribution in [0, 0.1) is 0 Å². The van der Waals surface area contributed by atoms with Crippen molar-refractivity contribution in [3.05, 3.63) is 53.5 Å². The van der Waals surface area contributed by atoms with Gasteiger partial charge in [-0.1, -0.05) is 18.9 Å². The predicted molar refractivity (Wildman–Crippen MR) is 131 cm³/mol. The molecule has 8 nitrogen and oxygen atoms in total. The van der Waals surface area contributed by atoms with E-state index in [1.165, 1.54) is 12.6 Å². The molecule has 11 heteroatoms. The second kappa shape index (κ2) is 9.88. The number of carbonyl (C=O) groups excluding carboxylic acids is 1. The number of rotatable bonds is 6. The maximum atomic E-state index is 13.2. The quantitative estimate of drug-likeness (QED) is 0.431. The largest absolute Gasteiger partial charge is 0.408 e. The highest BCUT2D eigenvalue weighted by Gasteiger charge is 2.36. The Kier molecular flexibility index (Phi) is 6.65. The smallest absolute Gasteiger partial charge is 0.366 e. The van der Waals surface area contributed by atoms with Gasteiger partial charge in [0.1, 0.15) is 11.9 Å². The average molecular weight is 500 g/mol. The molecule has 5 heterocycles. The summed E-state index contributed by atoms with van der Waals surface area (Å²) in [6.07, 6.45) is 7.37. The van der Waals surface area contributed by atoms with Gasteiger partial charge in [0.15, 0.2) is 5.78 Å². The SMILES string of the molecule is C[C@H](Nc1ncc2c(n1)NCC=C2c1ccn2ncc(C(=O)C[C@H]3CCCCCN3)c2c1)C(F)(F)F. The molecule has 2 aliphatic rings. The van der Waals surface area contributed by atoms with E-state index in [9.17, 15) is 18.0 Å². The number of hydrogen-bond donors (Lipinski definition) is 3. The van der Waals surface area contributed by atoms with E-state index in [-0.39, 0.29) is 17.8 Å². The second-order valence-electron chi connectivity index (χ2n) is 9.29. The average Bonchev–Trinajstić information content (AvgIpc) is 3.11. The number of ketones is 1. The molecule has 1 saturated heterocycles. The Morgan fingerprint density at radius 3 is 2.97 bits per heavy atom. The molecule has 0 spiro atoms. The minimum atomic E-state index is -4.40. The van der Waals surface area contributed by atoms with Gasteiger partial charge in [-0.05, 0) is 49.6 Å². The summed E-state index contributed by atoms with van der Waals surface area (Å²) in [7, 11) is 0. The minimum absolute atomic E-state index is 0.0547. The van der Waals surface area contributed by atoms with Crippen molar-refractivity contribution in [2.45, 2.75) is 57.3 Å². The number of fused-ring (bicyclic) bond motifs is 2. The van der Waals surface area contributed by atoms with Gasteiger partial charge in [-0.15, -0.1) is 0 Å². The van der Waals surface area contributed by atoms with E-state index in [4.69, 9.17) is 0 Å². The van der Waals surface area contributed by atoms with Crippen molar-refractivity contribution >= 4 is 28.6 Å². The fourth-order valence-electron chi connectivity index (χ4n) is 4.66. The number of alkyl halides is 3. The Morgan fingerprint density at radius 1 is 1.28 bits per heavy atom. The van der Waals surface area contributed by atoms with Gasteiger partial charge in [0, 0.05) is 37.0 Å². The Labute approximate surface area is 206 Å². The Morgan fingerprint density at radius 2 is 2.14 bits per heavy atom. The van der Waals surface area contributed by atoms with Crippen molar-refractivity contribution in [1.82, 2.24) is 24.9 Å². The van der Waals surface area contributed by atoms with Gasteiger partial charge >= 0.3 is 6.18 Å². The number of anilines is 2. The van der Waals surface area contributed by atoms with Crippen LogP contribution in [0.3, 0.4) is 0 Å². The van der Waals surface area contributed by atoms with Crippen LogP contribution in [0.25, 0.3) is 11.1 Å². The van der Waals surface area contributed by atoms with Gasteiger partial charge in [0.25, 0.3) is 0 Å². The Hall–Kier alpha value is -3.47. The Balaban J connectivity index is 1.40. The first kappa shape index (κ1) is 24.2. The lowest BCUT2D eigenvalue weighted by atomic mass is 9.96. The first-order valence-electron chi connectivity index (χ1n) is 12.2. The topological polar surface area (TPSA) is 96.2 Å². The number of aromatic nitrogens is 4. The maximum absolute atomic E-state index is 13.2. The van der Waals surface area contributed by atoms with Crippen molar-refractivity contribution in [2.24, 2.45) is 0 Å². The molecule has 3 aromatic rings. The first-order valence-corrected chi connectivity index (χ1v) is 12.2. The van der Waals surface area contributed by atoms with E-state index in [1.54, 1.807) is 16.9 Å². The highest BCUT2D eigenvalue weighted by molar-refractivity contribution is 6.03. The molecule has 3 aromatic heterocycles. The third-order valence-electron chi connectivity index (χ3n) is 6.72. The molecule has 2 aliphatic heterocycles. The Bertz CT molecular complexity index is 1290. The van der Waals surface area contributed by atoms with Crippen LogP contribution in [0.4, 0.5) is 24.9 Å². The minimum Gasteiger partial charge on any atom is -0.366 e. The van der Waals surface area contributed by atoms with E-state index in [1.807, 2.05) is 18.2 Å². The third kappa shape index (κ3) is 5.06. The van der Waals surface area contributed by atoms with Crippen LogP contribution in [0.2, 0.25) is 0 Å². The zero-order valence-corrected chi connectivity index (χ0v) is 19.9. The van der Waals surface area contributed by atoms with Crippen LogP contribution in [0.15, 0.2) is 36.8 Å². The van der Waals surface area contributed by atoms with Gasteiger partial charge in [-0.3, -0.25) is 4.79 Å². The fourth-order valence-corrected chi connectivity index (χ4v) is 4.66. The number of hydrogen-bond acceptors (Lipinski definition) is 7. The van der Waals surface area contributed by atoms with Crippen molar-refractivity contribution in [3.63, 3.8) is 0 Å².